The molecule has 2 aromatic carbocycles. The van der Waals surface area contributed by atoms with E-state index in [1.165, 1.54) is 11.3 Å². The van der Waals surface area contributed by atoms with Crippen molar-refractivity contribution in [1.82, 2.24) is 0 Å². The second kappa shape index (κ2) is 9.19. The lowest BCUT2D eigenvalue weighted by Crippen LogP contribution is -2.20. The van der Waals surface area contributed by atoms with Crippen molar-refractivity contribution in [2.24, 2.45) is 0 Å². The Morgan fingerprint density at radius 2 is 1.68 bits per heavy atom. The Balaban J connectivity index is 1.49. The molecule has 5 nitrogen and oxygen atoms in total. The Kier molecular flexibility index (Phi) is 6.45. The maximum atomic E-state index is 12.1. The van der Waals surface area contributed by atoms with E-state index in [2.05, 4.69) is 5.32 Å². The molecule has 6 heteroatoms. The number of anilines is 1. The summed E-state index contributed by atoms with van der Waals surface area (Å²) >= 11 is 1.41. The van der Waals surface area contributed by atoms with Crippen LogP contribution >= 0.6 is 11.3 Å². The number of carbonyl (C=O) groups is 2. The van der Waals surface area contributed by atoms with Gasteiger partial charge in [0.2, 0.25) is 0 Å². The van der Waals surface area contributed by atoms with Crippen LogP contribution < -0.4 is 10.1 Å². The minimum absolute atomic E-state index is 0.334. The Labute approximate surface area is 167 Å². The molecule has 0 aliphatic heterocycles. The summed E-state index contributed by atoms with van der Waals surface area (Å²) in [6.07, 6.45) is 0.869. The predicted molar refractivity (Wildman–Crippen MR) is 110 cm³/mol. The van der Waals surface area contributed by atoms with Gasteiger partial charge in [0.25, 0.3) is 5.91 Å². The summed E-state index contributed by atoms with van der Waals surface area (Å²) in [6.45, 7) is 3.67. The van der Waals surface area contributed by atoms with Crippen LogP contribution in [0.2, 0.25) is 0 Å². The summed E-state index contributed by atoms with van der Waals surface area (Å²) in [5, 5.41) is 2.70. The van der Waals surface area contributed by atoms with Gasteiger partial charge in [-0.3, -0.25) is 4.79 Å². The van der Waals surface area contributed by atoms with E-state index in [4.69, 9.17) is 9.47 Å². The van der Waals surface area contributed by atoms with Gasteiger partial charge in [-0.15, -0.1) is 11.3 Å². The first-order chi connectivity index (χ1) is 13.5. The number of aryl methyl sites for hydroxylation is 2. The molecule has 1 aromatic heterocycles. The first-order valence-electron chi connectivity index (χ1n) is 8.94. The van der Waals surface area contributed by atoms with Crippen LogP contribution in [0.5, 0.6) is 11.5 Å². The number of amides is 1. The molecule has 0 bridgehead atoms. The minimum Gasteiger partial charge on any atom is -0.457 e. The smallest absolute Gasteiger partial charge is 0.348 e. The number of rotatable bonds is 7. The summed E-state index contributed by atoms with van der Waals surface area (Å²) < 4.78 is 10.8. The van der Waals surface area contributed by atoms with Gasteiger partial charge in [-0.2, -0.15) is 0 Å². The van der Waals surface area contributed by atoms with Gasteiger partial charge in [-0.05, 0) is 61.4 Å². The Hall–Kier alpha value is -3.12. The van der Waals surface area contributed by atoms with E-state index in [-0.39, 0.29) is 6.61 Å². The third-order valence-corrected chi connectivity index (χ3v) is 5.36. The summed E-state index contributed by atoms with van der Waals surface area (Å²) in [7, 11) is 0. The molecule has 0 radical (unpaired) electrons. The highest BCUT2D eigenvalue weighted by Crippen LogP contribution is 2.24. The van der Waals surface area contributed by atoms with E-state index in [0.717, 1.165) is 22.6 Å². The van der Waals surface area contributed by atoms with Gasteiger partial charge in [-0.25, -0.2) is 4.79 Å². The highest BCUT2D eigenvalue weighted by molar-refractivity contribution is 7.14. The van der Waals surface area contributed by atoms with Crippen molar-refractivity contribution in [2.45, 2.75) is 20.3 Å². The van der Waals surface area contributed by atoms with Crippen molar-refractivity contribution < 1.29 is 19.1 Å². The number of nitrogens with one attached hydrogen (secondary N) is 1. The molecule has 1 amide bonds. The molecule has 0 unspecified atom stereocenters. The molecule has 0 aliphatic carbocycles. The first kappa shape index (κ1) is 19.6. The number of ether oxygens (including phenoxy) is 2. The fourth-order valence-corrected chi connectivity index (χ4v) is 3.61. The maximum absolute atomic E-state index is 12.1. The quantitative estimate of drug-likeness (QED) is 0.558. The fourth-order valence-electron chi connectivity index (χ4n) is 2.60. The maximum Gasteiger partial charge on any atom is 0.348 e. The van der Waals surface area contributed by atoms with Gasteiger partial charge < -0.3 is 14.8 Å². The molecule has 1 N–H and O–H groups in total. The van der Waals surface area contributed by atoms with Crippen molar-refractivity contribution >= 4 is 28.9 Å². The lowest BCUT2D eigenvalue weighted by Gasteiger charge is -2.08. The summed E-state index contributed by atoms with van der Waals surface area (Å²) in [6, 6.07) is 18.2. The van der Waals surface area contributed by atoms with Crippen LogP contribution in [0.3, 0.4) is 0 Å². The topological polar surface area (TPSA) is 64.6 Å². The summed E-state index contributed by atoms with van der Waals surface area (Å²) in [4.78, 5) is 25.8. The van der Waals surface area contributed by atoms with Crippen LogP contribution in [0.4, 0.5) is 5.69 Å². The molecule has 0 aliphatic rings. The van der Waals surface area contributed by atoms with Crippen LogP contribution in [-0.4, -0.2) is 18.5 Å². The summed E-state index contributed by atoms with van der Waals surface area (Å²) in [5.41, 5.74) is 1.67. The Bertz CT molecular complexity index is 948. The van der Waals surface area contributed by atoms with E-state index < -0.39 is 11.9 Å². The zero-order valence-corrected chi connectivity index (χ0v) is 16.5. The molecule has 3 aromatic rings. The van der Waals surface area contributed by atoms with Crippen LogP contribution in [-0.2, 0) is 16.0 Å². The standard InChI is InChI=1S/C22H21NO4S/c1-3-19-15(2)13-20(28-19)22(25)26-14-21(24)23-16-9-11-18(12-10-16)27-17-7-5-4-6-8-17/h4-13H,3,14H2,1-2H3,(H,23,24). The first-order valence-corrected chi connectivity index (χ1v) is 9.76. The SMILES string of the molecule is CCc1sc(C(=O)OCC(=O)Nc2ccc(Oc3ccccc3)cc2)cc1C. The fraction of sp³-hybridized carbons (Fsp3) is 0.182. The number of hydrogen-bond acceptors (Lipinski definition) is 5. The van der Waals surface area contributed by atoms with Gasteiger partial charge in [0, 0.05) is 10.6 Å². The molecule has 0 spiro atoms. The average molecular weight is 395 g/mol. The highest BCUT2D eigenvalue weighted by Gasteiger charge is 2.14. The largest absolute Gasteiger partial charge is 0.457 e. The normalized spacial score (nSPS) is 10.4. The van der Waals surface area contributed by atoms with Crippen molar-refractivity contribution in [2.75, 3.05) is 11.9 Å². The second-order valence-electron chi connectivity index (χ2n) is 6.13. The number of hydrogen-bond donors (Lipinski definition) is 1. The molecule has 3 rings (SSSR count). The lowest BCUT2D eigenvalue weighted by molar-refractivity contribution is -0.119. The average Bonchev–Trinajstić information content (AvgIpc) is 3.09. The number of carbonyl (C=O) groups excluding carboxylic acids is 2. The van der Waals surface area contributed by atoms with Crippen LogP contribution in [0.1, 0.15) is 27.0 Å². The molecule has 1 heterocycles. The van der Waals surface area contributed by atoms with Gasteiger partial charge in [-0.1, -0.05) is 25.1 Å². The zero-order chi connectivity index (χ0) is 19.9. The Morgan fingerprint density at radius 3 is 2.32 bits per heavy atom. The predicted octanol–water partition coefficient (Wildman–Crippen LogP) is 5.21. The van der Waals surface area contributed by atoms with Crippen LogP contribution in [0, 0.1) is 6.92 Å². The van der Waals surface area contributed by atoms with Crippen LogP contribution in [0.25, 0.3) is 0 Å². The van der Waals surface area contributed by atoms with Gasteiger partial charge in [0.05, 0.1) is 0 Å². The molecular formula is C22H21NO4S. The highest BCUT2D eigenvalue weighted by atomic mass is 32.1. The van der Waals surface area contributed by atoms with Gasteiger partial charge in [0.15, 0.2) is 6.61 Å². The molecular weight excluding hydrogens is 374 g/mol. The molecule has 0 saturated carbocycles. The van der Waals surface area contributed by atoms with Crippen LogP contribution in [0.15, 0.2) is 60.7 Å². The molecule has 0 atom stereocenters. The zero-order valence-electron chi connectivity index (χ0n) is 15.7. The lowest BCUT2D eigenvalue weighted by atomic mass is 10.2. The number of thiophene rings is 1. The molecule has 28 heavy (non-hydrogen) atoms. The molecule has 0 saturated heterocycles. The molecule has 144 valence electrons. The van der Waals surface area contributed by atoms with Gasteiger partial charge in [0.1, 0.15) is 16.4 Å². The van der Waals surface area contributed by atoms with Crippen molar-refractivity contribution in [3.63, 3.8) is 0 Å². The molecule has 0 fully saturated rings. The van der Waals surface area contributed by atoms with E-state index in [1.54, 1.807) is 30.3 Å². The number of esters is 1. The van der Waals surface area contributed by atoms with Crippen molar-refractivity contribution in [1.29, 1.82) is 0 Å². The van der Waals surface area contributed by atoms with E-state index in [0.29, 0.717) is 16.3 Å². The monoisotopic (exact) mass is 395 g/mol. The van der Waals surface area contributed by atoms with Gasteiger partial charge >= 0.3 is 5.97 Å². The third-order valence-electron chi connectivity index (χ3n) is 3.99. The van der Waals surface area contributed by atoms with Crippen molar-refractivity contribution in [3.05, 3.63) is 76.0 Å². The number of benzene rings is 2. The minimum atomic E-state index is -0.477. The third kappa shape index (κ3) is 5.20. The summed E-state index contributed by atoms with van der Waals surface area (Å²) in [5.74, 6) is 0.528. The second-order valence-corrected chi connectivity index (χ2v) is 7.27. The van der Waals surface area contributed by atoms with E-state index >= 15 is 0 Å². The Morgan fingerprint density at radius 1 is 1.00 bits per heavy atom. The van der Waals surface area contributed by atoms with E-state index in [9.17, 15) is 9.59 Å². The van der Waals surface area contributed by atoms with E-state index in [1.807, 2.05) is 44.2 Å². The van der Waals surface area contributed by atoms with Crippen molar-refractivity contribution in [3.8, 4) is 11.5 Å². The number of para-hydroxylation sites is 1.